The minimum Gasteiger partial charge on any atom is -0.280 e. The van der Waals surface area contributed by atoms with Crippen LogP contribution >= 0.6 is 7.91 Å². The average Bonchev–Trinajstić information content (AvgIpc) is 3.09. The molecule has 4 aliphatic rings. The molecule has 3 fully saturated rings. The van der Waals surface area contributed by atoms with E-state index in [9.17, 15) is 8.76 Å². The Kier molecular flexibility index (Phi) is 8.34. The molecule has 9 atom stereocenters. The Morgan fingerprint density at radius 3 is 2.44 bits per heavy atom. The minimum atomic E-state index is -4.56. The fraction of sp³-hybridized carbons (Fsp3) is 0.935. The van der Waals surface area contributed by atoms with Crippen LogP contribution in [0.1, 0.15) is 126 Å². The van der Waals surface area contributed by atoms with E-state index in [1.165, 1.54) is 50.5 Å². The van der Waals surface area contributed by atoms with Gasteiger partial charge in [0.15, 0.2) is 0 Å². The van der Waals surface area contributed by atoms with Crippen LogP contribution in [0.5, 0.6) is 0 Å². The molecular weight excluding hydrogens is 470 g/mol. The Labute approximate surface area is 221 Å². The van der Waals surface area contributed by atoms with Gasteiger partial charge in [-0.05, 0) is 118 Å². The van der Waals surface area contributed by atoms with Crippen molar-refractivity contribution in [3.05, 3.63) is 11.6 Å². The highest BCUT2D eigenvalue weighted by Crippen LogP contribution is 2.68. The van der Waals surface area contributed by atoms with Crippen LogP contribution < -0.4 is 0 Å². The van der Waals surface area contributed by atoms with Crippen molar-refractivity contribution < 1.29 is 17.8 Å². The number of rotatable bonds is 8. The van der Waals surface area contributed by atoms with Gasteiger partial charge >= 0.3 is 7.91 Å². The zero-order chi connectivity index (χ0) is 26.5. The van der Waals surface area contributed by atoms with E-state index in [0.717, 1.165) is 54.8 Å². The SMILES string of the molecule is CC(C)CCC[C@@H](C)[C@H]1CC[C@H]2[C@@H]3CC=C4C[C@@H](OP(=O)(F)OC(C)(C)C)CC[C@]4(C)[C@H]3CC[C@]12C. The second-order valence-corrected chi connectivity index (χ2v) is 16.1. The summed E-state index contributed by atoms with van der Waals surface area (Å²) in [6.07, 6.45) is 15.4. The molecule has 36 heavy (non-hydrogen) atoms. The van der Waals surface area contributed by atoms with Crippen molar-refractivity contribution in [1.82, 2.24) is 0 Å². The molecule has 5 heteroatoms. The standard InChI is InChI=1S/C31H54FO3P/c1-21(2)10-9-11-22(3)26-14-15-27-25-13-12-23-20-24(34-36(32,33)35-29(4,5)6)16-18-30(23,7)28(25)17-19-31(26,27)8/h12,21-22,24-28H,9-11,13-20H2,1-8H3/t22-,24+,25+,26-,27+,28+,30+,31-,36?/m1/s1. The van der Waals surface area contributed by atoms with Gasteiger partial charge in [-0.25, -0.2) is 4.57 Å². The Morgan fingerprint density at radius 2 is 1.78 bits per heavy atom. The number of hydrogen-bond donors (Lipinski definition) is 0. The van der Waals surface area contributed by atoms with Crippen molar-refractivity contribution in [2.24, 2.45) is 46.3 Å². The normalized spacial score (nSPS) is 41.2. The van der Waals surface area contributed by atoms with Gasteiger partial charge in [0.25, 0.3) is 0 Å². The zero-order valence-electron chi connectivity index (χ0n) is 24.4. The Bertz CT molecular complexity index is 862. The average molecular weight is 525 g/mol. The molecule has 4 rings (SSSR count). The van der Waals surface area contributed by atoms with Gasteiger partial charge in [-0.3, -0.25) is 9.05 Å². The quantitative estimate of drug-likeness (QED) is 0.234. The molecule has 3 nitrogen and oxygen atoms in total. The van der Waals surface area contributed by atoms with Crippen molar-refractivity contribution in [2.75, 3.05) is 0 Å². The van der Waals surface area contributed by atoms with Crippen molar-refractivity contribution in [2.45, 2.75) is 138 Å². The van der Waals surface area contributed by atoms with Gasteiger partial charge in [0.05, 0.1) is 11.7 Å². The van der Waals surface area contributed by atoms with Crippen LogP contribution in [0.4, 0.5) is 4.20 Å². The lowest BCUT2D eigenvalue weighted by molar-refractivity contribution is -0.0578. The van der Waals surface area contributed by atoms with E-state index in [2.05, 4.69) is 40.7 Å². The molecule has 208 valence electrons. The first-order valence-corrected chi connectivity index (χ1v) is 16.5. The molecule has 0 amide bonds. The van der Waals surface area contributed by atoms with Crippen LogP contribution in [0, 0.1) is 46.3 Å². The van der Waals surface area contributed by atoms with Gasteiger partial charge in [0, 0.05) is 0 Å². The van der Waals surface area contributed by atoms with Crippen LogP contribution in [0.3, 0.4) is 0 Å². The summed E-state index contributed by atoms with van der Waals surface area (Å²) in [4.78, 5) is 0. The summed E-state index contributed by atoms with van der Waals surface area (Å²) >= 11 is 0. The molecule has 3 saturated carbocycles. The van der Waals surface area contributed by atoms with Crippen LogP contribution in [0.2, 0.25) is 0 Å². The largest absolute Gasteiger partial charge is 0.513 e. The summed E-state index contributed by atoms with van der Waals surface area (Å²) in [6.45, 7) is 17.5. The minimum absolute atomic E-state index is 0.177. The maximum atomic E-state index is 14.7. The number of fused-ring (bicyclic) bond motifs is 5. The first-order chi connectivity index (χ1) is 16.6. The van der Waals surface area contributed by atoms with Crippen LogP contribution in [-0.2, 0) is 13.6 Å². The fourth-order valence-electron chi connectivity index (χ4n) is 9.27. The smallest absolute Gasteiger partial charge is 0.280 e. The highest BCUT2D eigenvalue weighted by Gasteiger charge is 2.59. The monoisotopic (exact) mass is 524 g/mol. The topological polar surface area (TPSA) is 35.5 Å². The highest BCUT2D eigenvalue weighted by atomic mass is 31.2. The molecule has 0 saturated heterocycles. The molecule has 0 aliphatic heterocycles. The summed E-state index contributed by atoms with van der Waals surface area (Å²) in [5.74, 6) is 4.85. The van der Waals surface area contributed by atoms with E-state index in [0.29, 0.717) is 11.8 Å². The zero-order valence-corrected chi connectivity index (χ0v) is 25.3. The van der Waals surface area contributed by atoms with Gasteiger partial charge in [-0.2, -0.15) is 0 Å². The maximum Gasteiger partial charge on any atom is 0.513 e. The second kappa shape index (κ2) is 10.4. The predicted molar refractivity (Wildman–Crippen MR) is 147 cm³/mol. The van der Waals surface area contributed by atoms with Crippen LogP contribution in [0.25, 0.3) is 0 Å². The third kappa shape index (κ3) is 5.86. The molecule has 0 spiro atoms. The summed E-state index contributed by atoms with van der Waals surface area (Å²) in [6, 6.07) is 0. The lowest BCUT2D eigenvalue weighted by Crippen LogP contribution is -2.51. The molecule has 0 aromatic carbocycles. The van der Waals surface area contributed by atoms with Gasteiger partial charge in [-0.1, -0.05) is 65.5 Å². The van der Waals surface area contributed by atoms with Gasteiger partial charge in [0.2, 0.25) is 0 Å². The third-order valence-corrected chi connectivity index (χ3v) is 12.2. The van der Waals surface area contributed by atoms with E-state index >= 15 is 0 Å². The third-order valence-electron chi connectivity index (χ3n) is 10.9. The van der Waals surface area contributed by atoms with Gasteiger partial charge in [0.1, 0.15) is 0 Å². The predicted octanol–water partition coefficient (Wildman–Crippen LogP) is 10.3. The highest BCUT2D eigenvalue weighted by molar-refractivity contribution is 7.48. The van der Waals surface area contributed by atoms with E-state index in [1.54, 1.807) is 20.8 Å². The molecule has 0 N–H and O–H groups in total. The summed E-state index contributed by atoms with van der Waals surface area (Å²) in [5.41, 5.74) is 1.27. The summed E-state index contributed by atoms with van der Waals surface area (Å²) < 4.78 is 37.7. The molecule has 0 radical (unpaired) electrons. The van der Waals surface area contributed by atoms with Crippen LogP contribution in [0.15, 0.2) is 11.6 Å². The van der Waals surface area contributed by atoms with E-state index in [4.69, 9.17) is 9.05 Å². The van der Waals surface area contributed by atoms with Crippen molar-refractivity contribution in [1.29, 1.82) is 0 Å². The molecular formula is C31H54FO3P. The van der Waals surface area contributed by atoms with Crippen LogP contribution in [-0.4, -0.2) is 11.7 Å². The van der Waals surface area contributed by atoms with E-state index in [1.807, 2.05) is 0 Å². The number of halogens is 1. The van der Waals surface area contributed by atoms with E-state index in [-0.39, 0.29) is 11.5 Å². The van der Waals surface area contributed by atoms with Crippen molar-refractivity contribution in [3.63, 3.8) is 0 Å². The maximum absolute atomic E-state index is 14.7. The molecule has 0 heterocycles. The molecule has 0 bridgehead atoms. The summed E-state index contributed by atoms with van der Waals surface area (Å²) in [7, 11) is -4.56. The second-order valence-electron chi connectivity index (χ2n) is 14.9. The lowest BCUT2D eigenvalue weighted by Gasteiger charge is -2.58. The van der Waals surface area contributed by atoms with E-state index < -0.39 is 13.5 Å². The molecule has 0 aromatic heterocycles. The Morgan fingerprint density at radius 1 is 1.06 bits per heavy atom. The number of hydrogen-bond acceptors (Lipinski definition) is 3. The molecule has 0 aromatic rings. The van der Waals surface area contributed by atoms with Gasteiger partial charge in [-0.15, -0.1) is 4.20 Å². The number of allylic oxidation sites excluding steroid dienone is 1. The molecule has 1 unspecified atom stereocenters. The Hall–Kier alpha value is -0.180. The van der Waals surface area contributed by atoms with Gasteiger partial charge < -0.3 is 0 Å². The first-order valence-electron chi connectivity index (χ1n) is 15.0. The molecule has 4 aliphatic carbocycles. The van der Waals surface area contributed by atoms with Crippen molar-refractivity contribution in [3.8, 4) is 0 Å². The Balaban J connectivity index is 1.43. The lowest BCUT2D eigenvalue weighted by atomic mass is 9.47. The van der Waals surface area contributed by atoms with Crippen molar-refractivity contribution >= 4 is 7.91 Å². The summed E-state index contributed by atoms with van der Waals surface area (Å²) in [5, 5.41) is 0. The fourth-order valence-corrected chi connectivity index (χ4v) is 10.5. The first kappa shape index (κ1) is 28.8.